The summed E-state index contributed by atoms with van der Waals surface area (Å²) in [5.74, 6) is 0.497. The van der Waals surface area contributed by atoms with Crippen molar-refractivity contribution in [3.05, 3.63) is 24.3 Å². The lowest BCUT2D eigenvalue weighted by molar-refractivity contribution is -0.0845. The van der Waals surface area contributed by atoms with E-state index in [1.54, 1.807) is 18.2 Å². The third kappa shape index (κ3) is 3.11. The molecule has 0 bridgehead atoms. The largest absolute Gasteiger partial charge is 0.492 e. The SMILES string of the molecule is CC1(C)CC(Oc2ccccc2B(O)O)C(C)(C)O1. The topological polar surface area (TPSA) is 58.9 Å². The fraction of sp³-hybridized carbons (Fsp3) is 0.571. The highest BCUT2D eigenvalue weighted by molar-refractivity contribution is 6.59. The molecular weight excluding hydrogens is 243 g/mol. The van der Waals surface area contributed by atoms with Gasteiger partial charge in [0.1, 0.15) is 17.5 Å². The van der Waals surface area contributed by atoms with Crippen molar-refractivity contribution in [1.82, 2.24) is 0 Å². The van der Waals surface area contributed by atoms with Gasteiger partial charge in [-0.05, 0) is 33.8 Å². The summed E-state index contributed by atoms with van der Waals surface area (Å²) in [6, 6.07) is 6.96. The van der Waals surface area contributed by atoms with Crippen molar-refractivity contribution in [2.75, 3.05) is 0 Å². The maximum atomic E-state index is 9.36. The van der Waals surface area contributed by atoms with Gasteiger partial charge >= 0.3 is 7.12 Å². The Bertz CT molecular complexity index is 457. The second-order valence-corrected chi connectivity index (χ2v) is 6.19. The molecular formula is C14H21BO4. The van der Waals surface area contributed by atoms with Crippen LogP contribution >= 0.6 is 0 Å². The molecule has 104 valence electrons. The van der Waals surface area contributed by atoms with Crippen LogP contribution in [0, 0.1) is 0 Å². The average molecular weight is 264 g/mol. The van der Waals surface area contributed by atoms with Crippen molar-refractivity contribution >= 4 is 12.6 Å². The molecule has 1 fully saturated rings. The van der Waals surface area contributed by atoms with Crippen LogP contribution in [0.4, 0.5) is 0 Å². The maximum Gasteiger partial charge on any atom is 0.492 e. The number of benzene rings is 1. The van der Waals surface area contributed by atoms with Crippen molar-refractivity contribution in [2.45, 2.75) is 51.4 Å². The van der Waals surface area contributed by atoms with E-state index in [0.717, 1.165) is 6.42 Å². The normalized spacial score (nSPS) is 24.2. The Kier molecular flexibility index (Phi) is 3.64. The maximum absolute atomic E-state index is 9.36. The summed E-state index contributed by atoms with van der Waals surface area (Å²) in [4.78, 5) is 0. The molecule has 0 radical (unpaired) electrons. The number of ether oxygens (including phenoxy) is 2. The van der Waals surface area contributed by atoms with Gasteiger partial charge in [0.05, 0.1) is 5.60 Å². The zero-order chi connectivity index (χ0) is 14.3. The molecule has 1 aromatic rings. The molecule has 4 nitrogen and oxygen atoms in total. The zero-order valence-electron chi connectivity index (χ0n) is 11.9. The van der Waals surface area contributed by atoms with Crippen LogP contribution in [0.15, 0.2) is 24.3 Å². The number of hydrogen-bond donors (Lipinski definition) is 2. The van der Waals surface area contributed by atoms with E-state index in [4.69, 9.17) is 9.47 Å². The van der Waals surface area contributed by atoms with Crippen LogP contribution in [0.2, 0.25) is 0 Å². The van der Waals surface area contributed by atoms with Gasteiger partial charge in [-0.3, -0.25) is 0 Å². The minimum atomic E-state index is -1.53. The Morgan fingerprint density at radius 1 is 1.21 bits per heavy atom. The Hall–Kier alpha value is -1.04. The smallest absolute Gasteiger partial charge is 0.488 e. The lowest BCUT2D eigenvalue weighted by atomic mass is 9.79. The minimum absolute atomic E-state index is 0.123. The van der Waals surface area contributed by atoms with Gasteiger partial charge in [-0.1, -0.05) is 18.2 Å². The van der Waals surface area contributed by atoms with Crippen LogP contribution in [-0.2, 0) is 4.74 Å². The van der Waals surface area contributed by atoms with Gasteiger partial charge in [0, 0.05) is 11.9 Å². The van der Waals surface area contributed by atoms with E-state index in [1.165, 1.54) is 0 Å². The van der Waals surface area contributed by atoms with Gasteiger partial charge in [0.25, 0.3) is 0 Å². The number of para-hydroxylation sites is 1. The Balaban J connectivity index is 2.22. The molecule has 1 heterocycles. The summed E-state index contributed by atoms with van der Waals surface area (Å²) in [6.45, 7) is 8.05. The summed E-state index contributed by atoms with van der Waals surface area (Å²) >= 11 is 0. The van der Waals surface area contributed by atoms with Gasteiger partial charge < -0.3 is 19.5 Å². The Morgan fingerprint density at radius 2 is 1.84 bits per heavy atom. The van der Waals surface area contributed by atoms with Gasteiger partial charge in [-0.25, -0.2) is 0 Å². The molecule has 0 spiro atoms. The van der Waals surface area contributed by atoms with E-state index in [9.17, 15) is 10.0 Å². The second kappa shape index (κ2) is 4.82. The third-order valence-electron chi connectivity index (χ3n) is 3.46. The van der Waals surface area contributed by atoms with E-state index in [1.807, 2.05) is 33.8 Å². The third-order valence-corrected chi connectivity index (χ3v) is 3.46. The highest BCUT2D eigenvalue weighted by atomic mass is 16.6. The van der Waals surface area contributed by atoms with E-state index in [2.05, 4.69) is 0 Å². The molecule has 1 atom stereocenters. The lowest BCUT2D eigenvalue weighted by Crippen LogP contribution is -2.39. The summed E-state index contributed by atoms with van der Waals surface area (Å²) in [6.07, 6.45) is 0.637. The first-order chi connectivity index (χ1) is 8.71. The first-order valence-corrected chi connectivity index (χ1v) is 6.53. The monoisotopic (exact) mass is 264 g/mol. The van der Waals surface area contributed by atoms with Crippen molar-refractivity contribution < 1.29 is 19.5 Å². The molecule has 2 rings (SSSR count). The molecule has 1 saturated heterocycles. The molecule has 1 aromatic carbocycles. The quantitative estimate of drug-likeness (QED) is 0.802. The summed E-state index contributed by atoms with van der Waals surface area (Å²) in [7, 11) is -1.53. The number of rotatable bonds is 3. The van der Waals surface area contributed by atoms with Crippen LogP contribution < -0.4 is 10.2 Å². The Morgan fingerprint density at radius 3 is 2.37 bits per heavy atom. The van der Waals surface area contributed by atoms with Gasteiger partial charge in [0.2, 0.25) is 0 Å². The van der Waals surface area contributed by atoms with Gasteiger partial charge in [-0.2, -0.15) is 0 Å². The fourth-order valence-corrected chi connectivity index (χ4v) is 2.65. The van der Waals surface area contributed by atoms with E-state index in [0.29, 0.717) is 11.2 Å². The van der Waals surface area contributed by atoms with Crippen LogP contribution in [0.5, 0.6) is 5.75 Å². The minimum Gasteiger partial charge on any atom is -0.488 e. The van der Waals surface area contributed by atoms with Gasteiger partial charge in [-0.15, -0.1) is 0 Å². The van der Waals surface area contributed by atoms with E-state index in [-0.39, 0.29) is 11.7 Å². The molecule has 5 heteroatoms. The number of hydrogen-bond acceptors (Lipinski definition) is 4. The van der Waals surface area contributed by atoms with E-state index < -0.39 is 12.7 Å². The highest BCUT2D eigenvalue weighted by Crippen LogP contribution is 2.39. The molecule has 2 N–H and O–H groups in total. The lowest BCUT2D eigenvalue weighted by Gasteiger charge is -2.28. The van der Waals surface area contributed by atoms with Crippen LogP contribution in [0.1, 0.15) is 34.1 Å². The van der Waals surface area contributed by atoms with Crippen molar-refractivity contribution in [3.63, 3.8) is 0 Å². The molecule has 0 saturated carbocycles. The first-order valence-electron chi connectivity index (χ1n) is 6.53. The first kappa shape index (κ1) is 14.4. The van der Waals surface area contributed by atoms with E-state index >= 15 is 0 Å². The fourth-order valence-electron chi connectivity index (χ4n) is 2.65. The molecule has 1 unspecified atom stereocenters. The molecule has 0 aromatic heterocycles. The van der Waals surface area contributed by atoms with Crippen LogP contribution in [-0.4, -0.2) is 34.5 Å². The Labute approximate surface area is 114 Å². The predicted octanol–water partition coefficient (Wildman–Crippen LogP) is 1.09. The summed E-state index contributed by atoms with van der Waals surface area (Å²) in [5, 5.41) is 18.7. The van der Waals surface area contributed by atoms with Gasteiger partial charge in [0.15, 0.2) is 0 Å². The van der Waals surface area contributed by atoms with Crippen molar-refractivity contribution in [2.24, 2.45) is 0 Å². The van der Waals surface area contributed by atoms with Crippen molar-refractivity contribution in [3.8, 4) is 5.75 Å². The predicted molar refractivity (Wildman–Crippen MR) is 74.5 cm³/mol. The summed E-state index contributed by atoms with van der Waals surface area (Å²) in [5.41, 5.74) is -0.263. The zero-order valence-corrected chi connectivity index (χ0v) is 11.9. The molecule has 1 aliphatic rings. The van der Waals surface area contributed by atoms with Crippen molar-refractivity contribution in [1.29, 1.82) is 0 Å². The van der Waals surface area contributed by atoms with Crippen LogP contribution in [0.3, 0.4) is 0 Å². The molecule has 0 aliphatic carbocycles. The average Bonchev–Trinajstić information content (AvgIpc) is 2.47. The highest BCUT2D eigenvalue weighted by Gasteiger charge is 2.47. The second-order valence-electron chi connectivity index (χ2n) is 6.19. The molecule has 1 aliphatic heterocycles. The standard InChI is InChI=1S/C14H21BO4/c1-13(2)9-12(14(3,4)19-13)18-11-8-6-5-7-10(11)15(16)17/h5-8,12,16-17H,9H2,1-4H3. The molecule has 0 amide bonds. The van der Waals surface area contributed by atoms with Crippen LogP contribution in [0.25, 0.3) is 0 Å². The molecule has 19 heavy (non-hydrogen) atoms. The summed E-state index contributed by atoms with van der Waals surface area (Å²) < 4.78 is 11.9.